The fourth-order valence-electron chi connectivity index (χ4n) is 1.54. The third kappa shape index (κ3) is 1.63. The van der Waals surface area contributed by atoms with Gasteiger partial charge in [-0.05, 0) is 18.6 Å². The molecule has 0 spiro atoms. The van der Waals surface area contributed by atoms with Crippen molar-refractivity contribution in [3.8, 4) is 5.69 Å². The van der Waals surface area contributed by atoms with E-state index in [1.165, 1.54) is 10.7 Å². The topological polar surface area (TPSA) is 81.1 Å². The molecule has 0 aliphatic heterocycles. The van der Waals surface area contributed by atoms with Gasteiger partial charge in [-0.1, -0.05) is 18.2 Å². The maximum absolute atomic E-state index is 11.0. The van der Waals surface area contributed by atoms with E-state index in [0.717, 1.165) is 11.3 Å². The van der Waals surface area contributed by atoms with Gasteiger partial charge in [0.2, 0.25) is 0 Å². The van der Waals surface area contributed by atoms with Crippen molar-refractivity contribution in [3.63, 3.8) is 0 Å². The smallest absolute Gasteiger partial charge is 0.354 e. The number of carbonyl (C=O) groups is 1. The molecule has 5 nitrogen and oxygen atoms in total. The first-order valence-corrected chi connectivity index (χ1v) is 4.74. The summed E-state index contributed by atoms with van der Waals surface area (Å²) in [5.41, 5.74) is 7.23. The van der Waals surface area contributed by atoms with Crippen LogP contribution in [-0.2, 0) is 0 Å². The molecule has 0 amide bonds. The molecule has 0 atom stereocenters. The number of benzene rings is 1. The number of anilines is 1. The van der Waals surface area contributed by atoms with Crippen LogP contribution in [0.2, 0.25) is 0 Å². The highest BCUT2D eigenvalue weighted by atomic mass is 16.4. The molecule has 1 heterocycles. The van der Waals surface area contributed by atoms with Crippen LogP contribution >= 0.6 is 0 Å². The summed E-state index contributed by atoms with van der Waals surface area (Å²) in [7, 11) is 0. The van der Waals surface area contributed by atoms with Crippen molar-refractivity contribution < 1.29 is 9.90 Å². The van der Waals surface area contributed by atoms with Gasteiger partial charge in [0.15, 0.2) is 5.69 Å². The molecule has 0 radical (unpaired) electrons. The van der Waals surface area contributed by atoms with Crippen molar-refractivity contribution in [1.29, 1.82) is 0 Å². The van der Waals surface area contributed by atoms with Gasteiger partial charge in [0.25, 0.3) is 0 Å². The second-order valence-corrected chi connectivity index (χ2v) is 3.46. The standard InChI is InChI=1S/C11H11N3O2/c1-7-4-2-3-5-8(7)14-9(11(15)16)6-10(12)13-14/h2-6H,1H3,(H2,12,13)(H,15,16). The Hall–Kier alpha value is -2.30. The Labute approximate surface area is 92.1 Å². The Kier molecular flexibility index (Phi) is 2.36. The van der Waals surface area contributed by atoms with Crippen molar-refractivity contribution in [3.05, 3.63) is 41.6 Å². The van der Waals surface area contributed by atoms with Gasteiger partial charge in [0, 0.05) is 6.07 Å². The number of para-hydroxylation sites is 1. The van der Waals surface area contributed by atoms with Crippen LogP contribution in [0.5, 0.6) is 0 Å². The van der Waals surface area contributed by atoms with Crippen LogP contribution in [0.4, 0.5) is 5.82 Å². The monoisotopic (exact) mass is 217 g/mol. The number of aromatic nitrogens is 2. The fraction of sp³-hybridized carbons (Fsp3) is 0.0909. The molecular formula is C11H11N3O2. The Balaban J connectivity index is 2.64. The molecule has 0 aliphatic rings. The SMILES string of the molecule is Cc1ccccc1-n1nc(N)cc1C(=O)O. The van der Waals surface area contributed by atoms with E-state index in [9.17, 15) is 4.79 Å². The van der Waals surface area contributed by atoms with Crippen LogP contribution in [0, 0.1) is 6.92 Å². The largest absolute Gasteiger partial charge is 0.477 e. The highest BCUT2D eigenvalue weighted by molar-refractivity contribution is 5.87. The van der Waals surface area contributed by atoms with E-state index >= 15 is 0 Å². The van der Waals surface area contributed by atoms with E-state index in [1.54, 1.807) is 6.07 Å². The number of hydrogen-bond acceptors (Lipinski definition) is 3. The van der Waals surface area contributed by atoms with Crippen LogP contribution in [-0.4, -0.2) is 20.9 Å². The Morgan fingerprint density at radius 2 is 2.12 bits per heavy atom. The van der Waals surface area contributed by atoms with Crippen LogP contribution in [0.1, 0.15) is 16.1 Å². The van der Waals surface area contributed by atoms with Crippen molar-refractivity contribution in [2.45, 2.75) is 6.92 Å². The minimum absolute atomic E-state index is 0.0619. The van der Waals surface area contributed by atoms with Crippen LogP contribution in [0.25, 0.3) is 5.69 Å². The minimum atomic E-state index is -1.05. The van der Waals surface area contributed by atoms with E-state index in [1.807, 2.05) is 25.1 Å². The van der Waals surface area contributed by atoms with Crippen LogP contribution < -0.4 is 5.73 Å². The van der Waals surface area contributed by atoms with Gasteiger partial charge in [-0.25, -0.2) is 9.48 Å². The number of nitrogens with two attached hydrogens (primary N) is 1. The van der Waals surface area contributed by atoms with Crippen LogP contribution in [0.15, 0.2) is 30.3 Å². The van der Waals surface area contributed by atoms with Crippen molar-refractivity contribution in [2.75, 3.05) is 5.73 Å². The number of carboxylic acid groups (broad SMARTS) is 1. The summed E-state index contributed by atoms with van der Waals surface area (Å²) in [6, 6.07) is 8.74. The van der Waals surface area contributed by atoms with Gasteiger partial charge in [-0.3, -0.25) is 0 Å². The molecular weight excluding hydrogens is 206 g/mol. The lowest BCUT2D eigenvalue weighted by Crippen LogP contribution is -2.09. The molecule has 1 aromatic heterocycles. The van der Waals surface area contributed by atoms with E-state index < -0.39 is 5.97 Å². The van der Waals surface area contributed by atoms with Crippen molar-refractivity contribution in [1.82, 2.24) is 9.78 Å². The quantitative estimate of drug-likeness (QED) is 0.797. The lowest BCUT2D eigenvalue weighted by molar-refractivity contribution is 0.0687. The molecule has 2 rings (SSSR count). The number of aromatic carboxylic acids is 1. The summed E-state index contributed by atoms with van der Waals surface area (Å²) < 4.78 is 1.34. The third-order valence-electron chi connectivity index (χ3n) is 2.29. The molecule has 0 fully saturated rings. The second-order valence-electron chi connectivity index (χ2n) is 3.46. The average molecular weight is 217 g/mol. The molecule has 0 unspecified atom stereocenters. The van der Waals surface area contributed by atoms with Gasteiger partial charge in [-0.2, -0.15) is 0 Å². The highest BCUT2D eigenvalue weighted by Gasteiger charge is 2.15. The Bertz CT molecular complexity index is 546. The first kappa shape index (κ1) is 10.2. The first-order valence-electron chi connectivity index (χ1n) is 4.74. The van der Waals surface area contributed by atoms with Crippen molar-refractivity contribution >= 4 is 11.8 Å². The molecule has 0 saturated carbocycles. The molecule has 2 aromatic rings. The van der Waals surface area contributed by atoms with Gasteiger partial charge < -0.3 is 10.8 Å². The van der Waals surface area contributed by atoms with E-state index in [2.05, 4.69) is 5.10 Å². The summed E-state index contributed by atoms with van der Waals surface area (Å²) in [5.74, 6) is -0.854. The normalized spacial score (nSPS) is 10.3. The molecule has 16 heavy (non-hydrogen) atoms. The summed E-state index contributed by atoms with van der Waals surface area (Å²) in [5, 5.41) is 13.0. The van der Waals surface area contributed by atoms with Crippen LogP contribution in [0.3, 0.4) is 0 Å². The van der Waals surface area contributed by atoms with E-state index in [0.29, 0.717) is 0 Å². The molecule has 0 bridgehead atoms. The second kappa shape index (κ2) is 3.69. The molecule has 0 aliphatic carbocycles. The molecule has 82 valence electrons. The minimum Gasteiger partial charge on any atom is -0.477 e. The predicted molar refractivity (Wildman–Crippen MR) is 59.7 cm³/mol. The highest BCUT2D eigenvalue weighted by Crippen LogP contribution is 2.17. The van der Waals surface area contributed by atoms with E-state index in [-0.39, 0.29) is 11.5 Å². The zero-order chi connectivity index (χ0) is 11.7. The summed E-state index contributed by atoms with van der Waals surface area (Å²) >= 11 is 0. The fourth-order valence-corrected chi connectivity index (χ4v) is 1.54. The van der Waals surface area contributed by atoms with Gasteiger partial charge in [0.05, 0.1) is 5.69 Å². The van der Waals surface area contributed by atoms with Gasteiger partial charge in [-0.15, -0.1) is 5.10 Å². The average Bonchev–Trinajstić information content (AvgIpc) is 2.61. The number of aryl methyl sites for hydroxylation is 1. The third-order valence-corrected chi connectivity index (χ3v) is 2.29. The number of nitrogen functional groups attached to an aromatic ring is 1. The number of rotatable bonds is 2. The predicted octanol–water partition coefficient (Wildman–Crippen LogP) is 1.46. The molecule has 1 aromatic carbocycles. The molecule has 3 N–H and O–H groups in total. The number of hydrogen-bond donors (Lipinski definition) is 2. The molecule has 0 saturated heterocycles. The maximum atomic E-state index is 11.0. The number of nitrogens with zero attached hydrogens (tertiary/aromatic N) is 2. The Morgan fingerprint density at radius 3 is 2.75 bits per heavy atom. The zero-order valence-corrected chi connectivity index (χ0v) is 8.71. The lowest BCUT2D eigenvalue weighted by Gasteiger charge is -2.06. The molecule has 5 heteroatoms. The number of carboxylic acids is 1. The summed E-state index contributed by atoms with van der Waals surface area (Å²) in [4.78, 5) is 11.0. The first-order chi connectivity index (χ1) is 7.59. The lowest BCUT2D eigenvalue weighted by atomic mass is 10.2. The Morgan fingerprint density at radius 1 is 1.44 bits per heavy atom. The maximum Gasteiger partial charge on any atom is 0.354 e. The van der Waals surface area contributed by atoms with Gasteiger partial charge in [0.1, 0.15) is 5.82 Å². The van der Waals surface area contributed by atoms with Gasteiger partial charge >= 0.3 is 5.97 Å². The van der Waals surface area contributed by atoms with Crippen molar-refractivity contribution in [2.24, 2.45) is 0 Å². The zero-order valence-electron chi connectivity index (χ0n) is 8.71. The summed E-state index contributed by atoms with van der Waals surface area (Å²) in [6.45, 7) is 1.89. The summed E-state index contributed by atoms with van der Waals surface area (Å²) in [6.07, 6.45) is 0. The van der Waals surface area contributed by atoms with E-state index in [4.69, 9.17) is 10.8 Å².